The van der Waals surface area contributed by atoms with Crippen LogP contribution in [0.2, 0.25) is 0 Å². The molecule has 2 heterocycles. The summed E-state index contributed by atoms with van der Waals surface area (Å²) in [6.07, 6.45) is 1.92. The number of aromatic nitrogens is 1. The molecule has 1 aliphatic heterocycles. The van der Waals surface area contributed by atoms with Crippen LogP contribution in [-0.4, -0.2) is 64.3 Å². The Balaban J connectivity index is 1.49. The van der Waals surface area contributed by atoms with Gasteiger partial charge in [-0.25, -0.2) is 0 Å². The number of carbonyl (C=O) groups is 3. The molecule has 166 valence electrons. The van der Waals surface area contributed by atoms with Crippen LogP contribution in [0.3, 0.4) is 0 Å². The van der Waals surface area contributed by atoms with Crippen molar-refractivity contribution in [3.8, 4) is 0 Å². The highest BCUT2D eigenvalue weighted by molar-refractivity contribution is 6.35. The highest BCUT2D eigenvalue weighted by Gasteiger charge is 2.29. The van der Waals surface area contributed by atoms with Gasteiger partial charge in [0.05, 0.1) is 5.56 Å². The van der Waals surface area contributed by atoms with Gasteiger partial charge >= 0.3 is 11.8 Å². The Hall–Kier alpha value is -3.61. The fourth-order valence-electron chi connectivity index (χ4n) is 4.08. The molecule has 1 fully saturated rings. The molecule has 0 bridgehead atoms. The van der Waals surface area contributed by atoms with Crippen molar-refractivity contribution in [1.82, 2.24) is 19.7 Å². The van der Waals surface area contributed by atoms with Crippen LogP contribution >= 0.6 is 0 Å². The van der Waals surface area contributed by atoms with Crippen molar-refractivity contribution < 1.29 is 14.4 Å². The zero-order chi connectivity index (χ0) is 22.7. The lowest BCUT2D eigenvalue weighted by molar-refractivity contribution is -0.147. The molecule has 4 rings (SSSR count). The minimum Gasteiger partial charge on any atom is -0.346 e. The highest BCUT2D eigenvalue weighted by Crippen LogP contribution is 2.24. The van der Waals surface area contributed by atoms with Gasteiger partial charge in [-0.05, 0) is 25.5 Å². The monoisotopic (exact) mass is 432 g/mol. The number of benzene rings is 2. The standard InChI is InChI=1S/C25H28N4O3/c1-18(2)26-23(30)25(32)28-14-12-27(13-15-28)24(31)21-17-29(16-19-8-4-3-5-9-19)22-11-7-6-10-20(21)22/h3-11,17-18H,12-16H2,1-2H3,(H,26,30). The molecule has 0 aliphatic carbocycles. The van der Waals surface area contributed by atoms with Gasteiger partial charge in [-0.2, -0.15) is 0 Å². The van der Waals surface area contributed by atoms with E-state index < -0.39 is 11.8 Å². The first kappa shape index (κ1) is 21.6. The lowest BCUT2D eigenvalue weighted by Crippen LogP contribution is -2.54. The van der Waals surface area contributed by atoms with Gasteiger partial charge in [-0.15, -0.1) is 0 Å². The van der Waals surface area contributed by atoms with Gasteiger partial charge in [0, 0.05) is 55.9 Å². The number of nitrogens with one attached hydrogen (secondary N) is 1. The van der Waals surface area contributed by atoms with Crippen LogP contribution in [0, 0.1) is 0 Å². The maximum absolute atomic E-state index is 13.4. The van der Waals surface area contributed by atoms with Crippen LogP contribution in [0.15, 0.2) is 60.8 Å². The molecule has 0 saturated carbocycles. The van der Waals surface area contributed by atoms with E-state index in [2.05, 4.69) is 22.0 Å². The topological polar surface area (TPSA) is 74.7 Å². The number of hydrogen-bond donors (Lipinski definition) is 1. The Morgan fingerprint density at radius 2 is 1.50 bits per heavy atom. The average molecular weight is 433 g/mol. The van der Waals surface area contributed by atoms with Crippen molar-refractivity contribution in [2.45, 2.75) is 26.4 Å². The van der Waals surface area contributed by atoms with E-state index in [9.17, 15) is 14.4 Å². The largest absolute Gasteiger partial charge is 0.346 e. The molecule has 0 spiro atoms. The molecule has 0 radical (unpaired) electrons. The smallest absolute Gasteiger partial charge is 0.312 e. The summed E-state index contributed by atoms with van der Waals surface area (Å²) in [6.45, 7) is 5.81. The third-order valence-corrected chi connectivity index (χ3v) is 5.68. The predicted molar refractivity (Wildman–Crippen MR) is 123 cm³/mol. The molecular formula is C25H28N4O3. The van der Waals surface area contributed by atoms with Gasteiger partial charge in [0.2, 0.25) is 0 Å². The van der Waals surface area contributed by atoms with Crippen molar-refractivity contribution in [1.29, 1.82) is 0 Å². The minimum atomic E-state index is -0.594. The Morgan fingerprint density at radius 1 is 0.875 bits per heavy atom. The summed E-state index contributed by atoms with van der Waals surface area (Å²) in [4.78, 5) is 41.0. The third-order valence-electron chi connectivity index (χ3n) is 5.68. The minimum absolute atomic E-state index is 0.0493. The number of hydrogen-bond acceptors (Lipinski definition) is 3. The van der Waals surface area contributed by atoms with Crippen LogP contribution in [0.5, 0.6) is 0 Å². The molecule has 1 N–H and O–H groups in total. The Kier molecular flexibility index (Phi) is 6.25. The van der Waals surface area contributed by atoms with E-state index in [1.165, 1.54) is 10.5 Å². The van der Waals surface area contributed by atoms with Gasteiger partial charge < -0.3 is 19.7 Å². The maximum atomic E-state index is 13.4. The number of nitrogens with zero attached hydrogens (tertiary/aromatic N) is 3. The number of carbonyl (C=O) groups excluding carboxylic acids is 3. The lowest BCUT2D eigenvalue weighted by atomic mass is 10.1. The normalized spacial score (nSPS) is 14.1. The van der Waals surface area contributed by atoms with Crippen LogP contribution in [0.25, 0.3) is 10.9 Å². The summed E-state index contributed by atoms with van der Waals surface area (Å²) in [7, 11) is 0. The van der Waals surface area contributed by atoms with Crippen LogP contribution < -0.4 is 5.32 Å². The number of piperazine rings is 1. The molecule has 7 nitrogen and oxygen atoms in total. The zero-order valence-electron chi connectivity index (χ0n) is 18.5. The van der Waals surface area contributed by atoms with E-state index in [4.69, 9.17) is 0 Å². The van der Waals surface area contributed by atoms with E-state index in [-0.39, 0.29) is 11.9 Å². The van der Waals surface area contributed by atoms with Crippen molar-refractivity contribution in [3.05, 3.63) is 71.9 Å². The summed E-state index contributed by atoms with van der Waals surface area (Å²) >= 11 is 0. The molecule has 3 aromatic rings. The van der Waals surface area contributed by atoms with Crippen molar-refractivity contribution in [3.63, 3.8) is 0 Å². The molecular weight excluding hydrogens is 404 g/mol. The average Bonchev–Trinajstić information content (AvgIpc) is 3.17. The summed E-state index contributed by atoms with van der Waals surface area (Å²) in [5.41, 5.74) is 2.84. The number of rotatable bonds is 4. The Labute approximate surface area is 187 Å². The van der Waals surface area contributed by atoms with E-state index in [0.717, 1.165) is 10.9 Å². The van der Waals surface area contributed by atoms with Gasteiger partial charge in [-0.3, -0.25) is 14.4 Å². The second-order valence-electron chi connectivity index (χ2n) is 8.39. The molecule has 1 saturated heterocycles. The first-order valence-electron chi connectivity index (χ1n) is 10.9. The van der Waals surface area contributed by atoms with Crippen LogP contribution in [0.1, 0.15) is 29.8 Å². The van der Waals surface area contributed by atoms with E-state index in [1.54, 1.807) is 4.90 Å². The number of fused-ring (bicyclic) bond motifs is 1. The third kappa shape index (κ3) is 4.51. The molecule has 1 aromatic heterocycles. The van der Waals surface area contributed by atoms with Crippen LogP contribution in [0.4, 0.5) is 0 Å². The first-order chi connectivity index (χ1) is 15.4. The number of amides is 3. The molecule has 0 unspecified atom stereocenters. The Bertz CT molecular complexity index is 1130. The molecule has 32 heavy (non-hydrogen) atoms. The second kappa shape index (κ2) is 9.26. The molecule has 2 aromatic carbocycles. The SMILES string of the molecule is CC(C)NC(=O)C(=O)N1CCN(C(=O)c2cn(Cc3ccccc3)c3ccccc23)CC1. The zero-order valence-corrected chi connectivity index (χ0v) is 18.5. The molecule has 0 atom stereocenters. The molecule has 1 aliphatic rings. The van der Waals surface area contributed by atoms with Gasteiger partial charge in [0.1, 0.15) is 0 Å². The fraction of sp³-hybridized carbons (Fsp3) is 0.320. The van der Waals surface area contributed by atoms with Crippen molar-refractivity contribution in [2.75, 3.05) is 26.2 Å². The summed E-state index contributed by atoms with van der Waals surface area (Å²) in [6, 6.07) is 18.0. The van der Waals surface area contributed by atoms with Gasteiger partial charge in [-0.1, -0.05) is 48.5 Å². The molecule has 7 heteroatoms. The molecule has 3 amide bonds. The summed E-state index contributed by atoms with van der Waals surface area (Å²) in [5, 5.41) is 3.55. The first-order valence-corrected chi connectivity index (χ1v) is 10.9. The van der Waals surface area contributed by atoms with Gasteiger partial charge in [0.25, 0.3) is 5.91 Å². The summed E-state index contributed by atoms with van der Waals surface area (Å²) < 4.78 is 2.11. The quantitative estimate of drug-likeness (QED) is 0.644. The van der Waals surface area contributed by atoms with E-state index >= 15 is 0 Å². The van der Waals surface area contributed by atoms with Gasteiger partial charge in [0.15, 0.2) is 0 Å². The second-order valence-corrected chi connectivity index (χ2v) is 8.39. The maximum Gasteiger partial charge on any atom is 0.312 e. The van der Waals surface area contributed by atoms with E-state index in [1.807, 2.05) is 62.5 Å². The fourth-order valence-corrected chi connectivity index (χ4v) is 4.08. The van der Waals surface area contributed by atoms with Crippen molar-refractivity contribution >= 4 is 28.6 Å². The number of para-hydroxylation sites is 1. The summed E-state index contributed by atoms with van der Waals surface area (Å²) in [5.74, 6) is -1.18. The van der Waals surface area contributed by atoms with Crippen LogP contribution in [-0.2, 0) is 16.1 Å². The lowest BCUT2D eigenvalue weighted by Gasteiger charge is -2.34. The van der Waals surface area contributed by atoms with Crippen molar-refractivity contribution in [2.24, 2.45) is 0 Å². The van der Waals surface area contributed by atoms with E-state index in [0.29, 0.717) is 38.3 Å². The highest BCUT2D eigenvalue weighted by atomic mass is 16.2. The Morgan fingerprint density at radius 3 is 2.19 bits per heavy atom. The predicted octanol–water partition coefficient (Wildman–Crippen LogP) is 2.50.